The summed E-state index contributed by atoms with van der Waals surface area (Å²) in [5, 5.41) is 10.9. The van der Waals surface area contributed by atoms with Crippen LogP contribution in [0.15, 0.2) is 53.7 Å². The second kappa shape index (κ2) is 11.6. The third-order valence-corrected chi connectivity index (χ3v) is 10.5. The van der Waals surface area contributed by atoms with E-state index in [1.54, 1.807) is 36.8 Å². The highest BCUT2D eigenvalue weighted by Crippen LogP contribution is 2.42. The molecule has 1 fully saturated rings. The average Bonchev–Trinajstić information content (AvgIpc) is 3.33. The third kappa shape index (κ3) is 6.58. The number of alkyl halides is 3. The largest absolute Gasteiger partial charge is 0.481 e. The Labute approximate surface area is 251 Å². The van der Waals surface area contributed by atoms with Crippen molar-refractivity contribution in [1.29, 1.82) is 0 Å². The van der Waals surface area contributed by atoms with E-state index in [4.69, 9.17) is 9.97 Å². The van der Waals surface area contributed by atoms with Gasteiger partial charge in [0.15, 0.2) is 0 Å². The second-order valence-corrected chi connectivity index (χ2v) is 14.3. The lowest BCUT2D eigenvalue weighted by molar-refractivity contribution is -0.147. The molecule has 43 heavy (non-hydrogen) atoms. The first kappa shape index (κ1) is 31.0. The molecule has 0 amide bonds. The molecule has 1 saturated carbocycles. The third-order valence-electron chi connectivity index (χ3n) is 7.77. The number of nitrogens with one attached hydrogen (secondary N) is 1. The van der Waals surface area contributed by atoms with Crippen LogP contribution < -0.4 is 4.72 Å². The molecule has 1 unspecified atom stereocenters. The van der Waals surface area contributed by atoms with Gasteiger partial charge in [-0.2, -0.15) is 17.9 Å². The summed E-state index contributed by atoms with van der Waals surface area (Å²) < 4.78 is 67.4. The van der Waals surface area contributed by atoms with Crippen molar-refractivity contribution in [2.24, 2.45) is 11.3 Å². The Kier molecular flexibility index (Phi) is 8.36. The fraction of sp³-hybridized carbons (Fsp3) is 0.400. The zero-order valence-electron chi connectivity index (χ0n) is 23.8. The number of carboxylic acid groups (broad SMARTS) is 1. The van der Waals surface area contributed by atoms with Crippen molar-refractivity contribution in [2.75, 3.05) is 0 Å². The highest BCUT2D eigenvalue weighted by Gasteiger charge is 2.39. The van der Waals surface area contributed by atoms with Crippen LogP contribution in [0.25, 0.3) is 31.9 Å². The maximum atomic E-state index is 13.2. The number of hydrogen-bond donors (Lipinski definition) is 2. The van der Waals surface area contributed by atoms with Gasteiger partial charge in [-0.15, -0.1) is 11.3 Å². The molecule has 4 aromatic rings. The smallest absolute Gasteiger partial charge is 0.404 e. The normalized spacial score (nSPS) is 15.4. The number of rotatable bonds is 10. The molecule has 228 valence electrons. The van der Waals surface area contributed by atoms with Gasteiger partial charge in [0, 0.05) is 35.5 Å². The minimum absolute atomic E-state index is 0.197. The van der Waals surface area contributed by atoms with Crippen LogP contribution in [-0.4, -0.2) is 46.7 Å². The molecule has 0 saturated heterocycles. The Balaban J connectivity index is 1.60. The molecule has 1 aliphatic carbocycles. The van der Waals surface area contributed by atoms with E-state index in [1.807, 2.05) is 12.1 Å². The summed E-state index contributed by atoms with van der Waals surface area (Å²) in [6, 6.07) is 7.71. The lowest BCUT2D eigenvalue weighted by atomic mass is 9.81. The number of carbonyl (C=O) groups is 1. The monoisotopic (exact) mass is 632 g/mol. The van der Waals surface area contributed by atoms with Gasteiger partial charge in [0.25, 0.3) is 0 Å². The number of aliphatic carboxylic acids is 1. The fourth-order valence-corrected chi connectivity index (χ4v) is 7.49. The number of thiazole rings is 1. The van der Waals surface area contributed by atoms with Crippen molar-refractivity contribution in [3.63, 3.8) is 0 Å². The maximum Gasteiger partial charge on any atom is 0.404 e. The molecular weight excluding hydrogens is 601 g/mol. The van der Waals surface area contributed by atoms with E-state index in [9.17, 15) is 31.5 Å². The van der Waals surface area contributed by atoms with E-state index < -0.39 is 33.6 Å². The van der Waals surface area contributed by atoms with Crippen molar-refractivity contribution in [2.45, 2.75) is 70.0 Å². The van der Waals surface area contributed by atoms with Crippen molar-refractivity contribution in [3.05, 3.63) is 60.2 Å². The first-order valence-corrected chi connectivity index (χ1v) is 16.1. The van der Waals surface area contributed by atoms with Crippen LogP contribution in [0, 0.1) is 11.3 Å². The highest BCUT2D eigenvalue weighted by molar-refractivity contribution is 7.89. The molecule has 0 bridgehead atoms. The molecule has 0 spiro atoms. The Bertz CT molecular complexity index is 1780. The van der Waals surface area contributed by atoms with E-state index in [-0.39, 0.29) is 16.7 Å². The zero-order valence-corrected chi connectivity index (χ0v) is 25.4. The lowest BCUT2D eigenvalue weighted by Crippen LogP contribution is -2.43. The van der Waals surface area contributed by atoms with Crippen LogP contribution in [0.2, 0.25) is 0 Å². The molecule has 0 aliphatic heterocycles. The van der Waals surface area contributed by atoms with Gasteiger partial charge in [-0.25, -0.2) is 13.4 Å². The topological polar surface area (TPSA) is 122 Å². The number of nitrogens with zero attached hydrogens (tertiary/aromatic N) is 3. The van der Waals surface area contributed by atoms with Gasteiger partial charge < -0.3 is 5.11 Å². The SMILES string of the molecule is CC(NS(=O)(=O)c1ccc(-c2sc(-c3cccc(CC(C)(C)C(=O)O)n3)nc2CC2CCC2)c2ccncc12)C(F)(F)F. The predicted octanol–water partition coefficient (Wildman–Crippen LogP) is 6.65. The molecular formula is C30H31F3N4O4S2. The van der Waals surface area contributed by atoms with Crippen molar-refractivity contribution in [1.82, 2.24) is 19.7 Å². The number of aromatic nitrogens is 3. The number of carboxylic acids is 1. The second-order valence-electron chi connectivity index (χ2n) is 11.6. The molecule has 1 aromatic carbocycles. The Hall–Kier alpha value is -3.42. The molecule has 3 heterocycles. The lowest BCUT2D eigenvalue weighted by Gasteiger charge is -2.24. The van der Waals surface area contributed by atoms with E-state index in [0.717, 1.165) is 43.2 Å². The van der Waals surface area contributed by atoms with Crippen LogP contribution in [-0.2, 0) is 27.7 Å². The van der Waals surface area contributed by atoms with Crippen LogP contribution >= 0.6 is 11.3 Å². The average molecular weight is 633 g/mol. The quantitative estimate of drug-likeness (QED) is 0.201. The molecule has 5 rings (SSSR count). The van der Waals surface area contributed by atoms with E-state index in [1.165, 1.54) is 29.8 Å². The maximum absolute atomic E-state index is 13.2. The predicted molar refractivity (Wildman–Crippen MR) is 158 cm³/mol. The van der Waals surface area contributed by atoms with Gasteiger partial charge in [0.05, 0.1) is 26.6 Å². The standard InChI is InChI=1S/C30H31F3N4O4S2/c1-17(30(31,32)33)37-43(40,41)25-11-10-21(20-12-13-34-16-22(20)25)26-24(14-18-6-4-7-18)36-27(42-26)23-9-5-8-19(35-23)15-29(2,3)28(38)39/h5,8-13,16-18,37H,4,6-7,14-15H2,1-3H3,(H,38,39). The first-order chi connectivity index (χ1) is 20.2. The Morgan fingerprint density at radius 2 is 1.86 bits per heavy atom. The van der Waals surface area contributed by atoms with Gasteiger partial charge in [-0.3, -0.25) is 14.8 Å². The van der Waals surface area contributed by atoms with Crippen LogP contribution in [0.1, 0.15) is 51.4 Å². The van der Waals surface area contributed by atoms with E-state index in [2.05, 4.69) is 4.98 Å². The number of pyridine rings is 2. The minimum atomic E-state index is -4.74. The van der Waals surface area contributed by atoms with Crippen LogP contribution in [0.5, 0.6) is 0 Å². The molecule has 1 aliphatic rings. The van der Waals surface area contributed by atoms with Gasteiger partial charge in [-0.05, 0) is 62.8 Å². The molecule has 1 atom stereocenters. The van der Waals surface area contributed by atoms with Crippen LogP contribution in [0.4, 0.5) is 13.2 Å². The number of halogens is 3. The number of sulfonamides is 1. The molecule has 13 heteroatoms. The van der Waals surface area contributed by atoms with Gasteiger partial charge in [-0.1, -0.05) is 31.4 Å². The summed E-state index contributed by atoms with van der Waals surface area (Å²) in [6.45, 7) is 4.04. The summed E-state index contributed by atoms with van der Waals surface area (Å²) in [5.74, 6) is -0.459. The summed E-state index contributed by atoms with van der Waals surface area (Å²) >= 11 is 1.39. The molecule has 3 aromatic heterocycles. The number of fused-ring (bicyclic) bond motifs is 1. The fourth-order valence-electron chi connectivity index (χ4n) is 4.97. The van der Waals surface area contributed by atoms with E-state index >= 15 is 0 Å². The zero-order chi connectivity index (χ0) is 31.2. The molecule has 2 N–H and O–H groups in total. The van der Waals surface area contributed by atoms with E-state index in [0.29, 0.717) is 33.3 Å². The minimum Gasteiger partial charge on any atom is -0.481 e. The van der Waals surface area contributed by atoms with Gasteiger partial charge in [0.2, 0.25) is 10.0 Å². The van der Waals surface area contributed by atoms with Crippen molar-refractivity contribution >= 4 is 38.1 Å². The van der Waals surface area contributed by atoms with Crippen molar-refractivity contribution in [3.8, 4) is 21.1 Å². The van der Waals surface area contributed by atoms with Gasteiger partial charge in [0.1, 0.15) is 11.0 Å². The molecule has 0 radical (unpaired) electrons. The van der Waals surface area contributed by atoms with Crippen LogP contribution in [0.3, 0.4) is 0 Å². The summed E-state index contributed by atoms with van der Waals surface area (Å²) in [6.07, 6.45) is 2.36. The Morgan fingerprint density at radius 1 is 1.12 bits per heavy atom. The number of benzene rings is 1. The van der Waals surface area contributed by atoms with Crippen molar-refractivity contribution < 1.29 is 31.5 Å². The summed E-state index contributed by atoms with van der Waals surface area (Å²) in [7, 11) is -4.53. The molecule has 8 nitrogen and oxygen atoms in total. The number of hydrogen-bond acceptors (Lipinski definition) is 7. The summed E-state index contributed by atoms with van der Waals surface area (Å²) in [5.41, 5.74) is 1.74. The highest BCUT2D eigenvalue weighted by atomic mass is 32.2. The first-order valence-electron chi connectivity index (χ1n) is 13.8. The summed E-state index contributed by atoms with van der Waals surface area (Å²) in [4.78, 5) is 26.0. The Morgan fingerprint density at radius 3 is 2.51 bits per heavy atom. The van der Waals surface area contributed by atoms with Gasteiger partial charge >= 0.3 is 12.1 Å².